The van der Waals surface area contributed by atoms with E-state index in [0.29, 0.717) is 6.04 Å². The molecular weight excluding hydrogens is 328 g/mol. The maximum atomic E-state index is 5.40. The lowest BCUT2D eigenvalue weighted by Gasteiger charge is -2.32. The number of nitrogens with zero attached hydrogens (tertiary/aromatic N) is 2. The standard InChI is InChI=1S/C20H36N4O2/c1-3-13-24-14-9-18(10-15-24)23-20(21-11-6-16-25-4-2)22-12-8-19-7-5-17-26-19/h5,7,17-18H,3-4,6,8-16H2,1-2H3,(H2,21,22,23). The topological polar surface area (TPSA) is 62.0 Å². The number of guanidine groups is 1. The highest BCUT2D eigenvalue weighted by atomic mass is 16.5. The Morgan fingerprint density at radius 2 is 2.19 bits per heavy atom. The number of aliphatic imine (C=N–C) groups is 1. The molecule has 1 aliphatic rings. The van der Waals surface area contributed by atoms with Crippen molar-refractivity contribution in [2.75, 3.05) is 45.9 Å². The van der Waals surface area contributed by atoms with Crippen LogP contribution in [0.4, 0.5) is 0 Å². The minimum absolute atomic E-state index is 0.505. The van der Waals surface area contributed by atoms with Crippen LogP contribution in [0.5, 0.6) is 0 Å². The lowest BCUT2D eigenvalue weighted by molar-refractivity contribution is 0.146. The molecule has 1 fully saturated rings. The molecule has 1 aliphatic heterocycles. The molecule has 1 aromatic rings. The largest absolute Gasteiger partial charge is 0.469 e. The second kappa shape index (κ2) is 12.8. The predicted octanol–water partition coefficient (Wildman–Crippen LogP) is 2.66. The summed E-state index contributed by atoms with van der Waals surface area (Å²) in [5, 5.41) is 7.09. The van der Waals surface area contributed by atoms with E-state index in [4.69, 9.17) is 14.1 Å². The van der Waals surface area contributed by atoms with Crippen LogP contribution >= 0.6 is 0 Å². The van der Waals surface area contributed by atoms with Crippen molar-refractivity contribution in [1.29, 1.82) is 0 Å². The lowest BCUT2D eigenvalue weighted by Crippen LogP contribution is -2.49. The van der Waals surface area contributed by atoms with Crippen molar-refractivity contribution < 1.29 is 9.15 Å². The Bertz CT molecular complexity index is 482. The van der Waals surface area contributed by atoms with Crippen LogP contribution in [-0.2, 0) is 11.2 Å². The van der Waals surface area contributed by atoms with E-state index >= 15 is 0 Å². The molecule has 0 radical (unpaired) electrons. The number of rotatable bonds is 11. The zero-order chi connectivity index (χ0) is 18.5. The Balaban J connectivity index is 1.76. The quantitative estimate of drug-likeness (QED) is 0.359. The molecule has 0 aliphatic carbocycles. The van der Waals surface area contributed by atoms with Gasteiger partial charge in [0.25, 0.3) is 0 Å². The minimum Gasteiger partial charge on any atom is -0.469 e. The normalized spacial score (nSPS) is 16.8. The molecule has 148 valence electrons. The van der Waals surface area contributed by atoms with Gasteiger partial charge in [-0.2, -0.15) is 0 Å². The molecule has 2 rings (SSSR count). The van der Waals surface area contributed by atoms with Crippen LogP contribution in [0.3, 0.4) is 0 Å². The summed E-state index contributed by atoms with van der Waals surface area (Å²) in [6, 6.07) is 4.45. The van der Waals surface area contributed by atoms with Gasteiger partial charge < -0.3 is 24.7 Å². The summed E-state index contributed by atoms with van der Waals surface area (Å²) in [5.74, 6) is 1.92. The summed E-state index contributed by atoms with van der Waals surface area (Å²) in [5.41, 5.74) is 0. The van der Waals surface area contributed by atoms with Crippen molar-refractivity contribution in [2.24, 2.45) is 4.99 Å². The second-order valence-electron chi connectivity index (χ2n) is 6.80. The number of hydrogen-bond donors (Lipinski definition) is 2. The molecule has 1 aromatic heterocycles. The average Bonchev–Trinajstić information content (AvgIpc) is 3.16. The molecule has 0 atom stereocenters. The van der Waals surface area contributed by atoms with Crippen LogP contribution in [0.15, 0.2) is 27.8 Å². The number of likely N-dealkylation sites (tertiary alicyclic amines) is 1. The monoisotopic (exact) mass is 364 g/mol. The molecule has 0 aromatic carbocycles. The molecule has 6 nitrogen and oxygen atoms in total. The highest BCUT2D eigenvalue weighted by Crippen LogP contribution is 2.10. The number of ether oxygens (including phenoxy) is 1. The van der Waals surface area contributed by atoms with E-state index in [0.717, 1.165) is 50.9 Å². The van der Waals surface area contributed by atoms with Gasteiger partial charge in [0.1, 0.15) is 5.76 Å². The van der Waals surface area contributed by atoms with E-state index in [9.17, 15) is 0 Å². The number of nitrogens with one attached hydrogen (secondary N) is 2. The maximum absolute atomic E-state index is 5.40. The maximum Gasteiger partial charge on any atom is 0.191 e. The van der Waals surface area contributed by atoms with E-state index in [2.05, 4.69) is 22.5 Å². The Morgan fingerprint density at radius 1 is 1.35 bits per heavy atom. The third-order valence-electron chi connectivity index (χ3n) is 4.63. The summed E-state index contributed by atoms with van der Waals surface area (Å²) in [6.07, 6.45) is 7.13. The van der Waals surface area contributed by atoms with Crippen molar-refractivity contribution in [3.63, 3.8) is 0 Å². The molecule has 6 heteroatoms. The van der Waals surface area contributed by atoms with Gasteiger partial charge in [-0.15, -0.1) is 0 Å². The Labute approximate surface area is 158 Å². The van der Waals surface area contributed by atoms with E-state index in [1.807, 2.05) is 19.1 Å². The third kappa shape index (κ3) is 8.23. The van der Waals surface area contributed by atoms with Gasteiger partial charge in [-0.3, -0.25) is 4.99 Å². The highest BCUT2D eigenvalue weighted by Gasteiger charge is 2.19. The second-order valence-corrected chi connectivity index (χ2v) is 6.80. The van der Waals surface area contributed by atoms with Crippen molar-refractivity contribution in [1.82, 2.24) is 15.5 Å². The molecule has 2 heterocycles. The van der Waals surface area contributed by atoms with Gasteiger partial charge >= 0.3 is 0 Å². The molecule has 26 heavy (non-hydrogen) atoms. The van der Waals surface area contributed by atoms with E-state index < -0.39 is 0 Å². The SMILES string of the molecule is CCCN1CCC(NC(=NCCCOCC)NCCc2ccco2)CC1. The van der Waals surface area contributed by atoms with Crippen molar-refractivity contribution in [2.45, 2.75) is 52.0 Å². The molecule has 0 spiro atoms. The molecule has 2 N–H and O–H groups in total. The number of furan rings is 1. The van der Waals surface area contributed by atoms with Gasteiger partial charge in [0.15, 0.2) is 5.96 Å². The Morgan fingerprint density at radius 3 is 2.88 bits per heavy atom. The van der Waals surface area contributed by atoms with Gasteiger partial charge in [-0.25, -0.2) is 0 Å². The zero-order valence-corrected chi connectivity index (χ0v) is 16.5. The fourth-order valence-corrected chi connectivity index (χ4v) is 3.22. The van der Waals surface area contributed by atoms with Crippen molar-refractivity contribution in [3.05, 3.63) is 24.2 Å². The summed E-state index contributed by atoms with van der Waals surface area (Å²) in [7, 11) is 0. The Kier molecular flexibility index (Phi) is 10.2. The first-order valence-corrected chi connectivity index (χ1v) is 10.2. The van der Waals surface area contributed by atoms with E-state index in [1.165, 1.54) is 38.9 Å². The zero-order valence-electron chi connectivity index (χ0n) is 16.5. The van der Waals surface area contributed by atoms with Crippen molar-refractivity contribution >= 4 is 5.96 Å². The molecule has 0 unspecified atom stereocenters. The number of piperidine rings is 1. The van der Waals surface area contributed by atoms with Crippen molar-refractivity contribution in [3.8, 4) is 0 Å². The average molecular weight is 365 g/mol. The van der Waals surface area contributed by atoms with E-state index in [1.54, 1.807) is 6.26 Å². The van der Waals surface area contributed by atoms with Gasteiger partial charge in [-0.1, -0.05) is 6.92 Å². The first-order valence-electron chi connectivity index (χ1n) is 10.2. The fraction of sp³-hybridized carbons (Fsp3) is 0.750. The van der Waals surface area contributed by atoms with Gasteiger partial charge in [0.05, 0.1) is 6.26 Å². The summed E-state index contributed by atoms with van der Waals surface area (Å²) >= 11 is 0. The van der Waals surface area contributed by atoms with Gasteiger partial charge in [-0.05, 0) is 51.3 Å². The molecule has 0 amide bonds. The van der Waals surface area contributed by atoms with Gasteiger partial charge in [0, 0.05) is 51.9 Å². The first kappa shape index (κ1) is 20.8. The lowest BCUT2D eigenvalue weighted by atomic mass is 10.1. The first-order chi connectivity index (χ1) is 12.8. The molecular formula is C20H36N4O2. The summed E-state index contributed by atoms with van der Waals surface area (Å²) in [4.78, 5) is 7.29. The van der Waals surface area contributed by atoms with Crippen LogP contribution in [0.1, 0.15) is 45.3 Å². The summed E-state index contributed by atoms with van der Waals surface area (Å²) < 4.78 is 10.8. The fourth-order valence-electron chi connectivity index (χ4n) is 3.22. The number of hydrogen-bond acceptors (Lipinski definition) is 4. The molecule has 0 saturated carbocycles. The smallest absolute Gasteiger partial charge is 0.191 e. The van der Waals surface area contributed by atoms with Gasteiger partial charge in [0.2, 0.25) is 0 Å². The molecule has 1 saturated heterocycles. The Hall–Kier alpha value is -1.53. The summed E-state index contributed by atoms with van der Waals surface area (Å²) in [6.45, 7) is 11.0. The van der Waals surface area contributed by atoms with Crippen LogP contribution in [0.25, 0.3) is 0 Å². The van der Waals surface area contributed by atoms with E-state index in [-0.39, 0.29) is 0 Å². The third-order valence-corrected chi connectivity index (χ3v) is 4.63. The predicted molar refractivity (Wildman–Crippen MR) is 107 cm³/mol. The van der Waals surface area contributed by atoms with Crippen LogP contribution < -0.4 is 10.6 Å². The van der Waals surface area contributed by atoms with Crippen LogP contribution in [0.2, 0.25) is 0 Å². The van der Waals surface area contributed by atoms with Crippen LogP contribution in [-0.4, -0.2) is 62.8 Å². The molecule has 0 bridgehead atoms. The minimum atomic E-state index is 0.505. The highest BCUT2D eigenvalue weighted by molar-refractivity contribution is 5.80. The van der Waals surface area contributed by atoms with Crippen LogP contribution in [0, 0.1) is 0 Å².